The Morgan fingerprint density at radius 3 is 2.23 bits per heavy atom. The minimum Gasteiger partial charge on any atom is -0.390 e. The van der Waals surface area contributed by atoms with Gasteiger partial charge in [0, 0.05) is 0 Å². The van der Waals surface area contributed by atoms with Crippen molar-refractivity contribution in [3.8, 4) is 0 Å². The number of carbonyl (C=O) groups excluding carboxylic acids is 1. The summed E-state index contributed by atoms with van der Waals surface area (Å²) in [7, 11) is 0. The van der Waals surface area contributed by atoms with Crippen LogP contribution in [0.2, 0.25) is 0 Å². The fourth-order valence-electron chi connectivity index (χ4n) is 1.97. The first kappa shape index (κ1) is 10.7. The van der Waals surface area contributed by atoms with Gasteiger partial charge in [0.15, 0.2) is 5.78 Å². The van der Waals surface area contributed by atoms with Crippen molar-refractivity contribution >= 4 is 5.78 Å². The first-order chi connectivity index (χ1) is 6.13. The monoisotopic (exact) mass is 186 g/mol. The van der Waals surface area contributed by atoms with E-state index in [0.29, 0.717) is 0 Å². The maximum atomic E-state index is 10.8. The minimum absolute atomic E-state index is 0.118. The Balaban J connectivity index is 2.44. The van der Waals surface area contributed by atoms with E-state index in [4.69, 9.17) is 0 Å². The second-order valence-corrected chi connectivity index (χ2v) is 3.94. The maximum absolute atomic E-state index is 10.8. The van der Waals surface area contributed by atoms with Gasteiger partial charge in [-0.15, -0.1) is 0 Å². The number of aliphatic hydroxyl groups is 2. The van der Waals surface area contributed by atoms with Crippen LogP contribution in [0.1, 0.15) is 39.0 Å². The minimum atomic E-state index is -1.18. The van der Waals surface area contributed by atoms with E-state index in [1.807, 2.05) is 0 Å². The van der Waals surface area contributed by atoms with E-state index in [1.165, 1.54) is 13.3 Å². The summed E-state index contributed by atoms with van der Waals surface area (Å²) in [5, 5.41) is 19.0. The molecule has 1 fully saturated rings. The normalized spacial score (nSPS) is 23.9. The third-order valence-corrected chi connectivity index (χ3v) is 2.87. The number of ketones is 1. The SMILES string of the molecule is CC(=O)[C@@H](O)[C@H](O)C1CCCCC1. The largest absolute Gasteiger partial charge is 0.390 e. The van der Waals surface area contributed by atoms with Crippen molar-refractivity contribution in [1.82, 2.24) is 0 Å². The number of hydrogen-bond donors (Lipinski definition) is 2. The van der Waals surface area contributed by atoms with Gasteiger partial charge in [-0.25, -0.2) is 0 Å². The summed E-state index contributed by atoms with van der Waals surface area (Å²) in [6, 6.07) is 0. The van der Waals surface area contributed by atoms with Crippen LogP contribution in [0.25, 0.3) is 0 Å². The predicted octanol–water partition coefficient (Wildman–Crippen LogP) is 0.878. The van der Waals surface area contributed by atoms with Gasteiger partial charge in [0.1, 0.15) is 6.10 Å². The molecular formula is C10H18O3. The van der Waals surface area contributed by atoms with E-state index in [-0.39, 0.29) is 11.7 Å². The van der Waals surface area contributed by atoms with E-state index >= 15 is 0 Å². The van der Waals surface area contributed by atoms with Crippen molar-refractivity contribution in [3.05, 3.63) is 0 Å². The molecule has 0 unspecified atom stereocenters. The molecule has 0 radical (unpaired) electrons. The number of hydrogen-bond acceptors (Lipinski definition) is 3. The highest BCUT2D eigenvalue weighted by molar-refractivity contribution is 5.80. The van der Waals surface area contributed by atoms with Gasteiger partial charge >= 0.3 is 0 Å². The van der Waals surface area contributed by atoms with Crippen LogP contribution in [-0.2, 0) is 4.79 Å². The molecule has 1 aliphatic carbocycles. The summed E-state index contributed by atoms with van der Waals surface area (Å²) in [4.78, 5) is 10.8. The Morgan fingerprint density at radius 2 is 1.77 bits per heavy atom. The molecule has 0 amide bonds. The Morgan fingerprint density at radius 1 is 1.23 bits per heavy atom. The van der Waals surface area contributed by atoms with Gasteiger partial charge in [0.25, 0.3) is 0 Å². The van der Waals surface area contributed by atoms with E-state index in [1.54, 1.807) is 0 Å². The molecule has 2 atom stereocenters. The maximum Gasteiger partial charge on any atom is 0.160 e. The fraction of sp³-hybridized carbons (Fsp3) is 0.900. The molecule has 0 aromatic carbocycles. The van der Waals surface area contributed by atoms with Crippen LogP contribution in [-0.4, -0.2) is 28.2 Å². The van der Waals surface area contributed by atoms with Crippen LogP contribution < -0.4 is 0 Å². The average molecular weight is 186 g/mol. The molecule has 76 valence electrons. The lowest BCUT2D eigenvalue weighted by molar-refractivity contribution is -0.133. The summed E-state index contributed by atoms with van der Waals surface area (Å²) in [5.41, 5.74) is 0. The summed E-state index contributed by atoms with van der Waals surface area (Å²) in [6.45, 7) is 1.32. The smallest absolute Gasteiger partial charge is 0.160 e. The van der Waals surface area contributed by atoms with Crippen LogP contribution in [0, 0.1) is 5.92 Å². The van der Waals surface area contributed by atoms with Crippen molar-refractivity contribution < 1.29 is 15.0 Å². The Labute approximate surface area is 78.8 Å². The number of rotatable bonds is 3. The predicted molar refractivity (Wildman–Crippen MR) is 49.3 cm³/mol. The van der Waals surface area contributed by atoms with Gasteiger partial charge < -0.3 is 10.2 Å². The molecule has 0 heterocycles. The highest BCUT2D eigenvalue weighted by Gasteiger charge is 2.29. The van der Waals surface area contributed by atoms with Gasteiger partial charge in [-0.2, -0.15) is 0 Å². The zero-order valence-corrected chi connectivity index (χ0v) is 8.07. The molecule has 13 heavy (non-hydrogen) atoms. The highest BCUT2D eigenvalue weighted by Crippen LogP contribution is 2.27. The van der Waals surface area contributed by atoms with Gasteiger partial charge in [-0.05, 0) is 25.7 Å². The standard InChI is InChI=1S/C10H18O3/c1-7(11)9(12)10(13)8-5-3-2-4-6-8/h8-10,12-13H,2-6H2,1H3/t9-,10-/m1/s1. The van der Waals surface area contributed by atoms with Gasteiger partial charge in [0.05, 0.1) is 6.10 Å². The Bertz CT molecular complexity index is 173. The van der Waals surface area contributed by atoms with Crippen molar-refractivity contribution in [1.29, 1.82) is 0 Å². The third kappa shape index (κ3) is 2.78. The summed E-state index contributed by atoms with van der Waals surface area (Å²) in [6.07, 6.45) is 3.26. The van der Waals surface area contributed by atoms with E-state index < -0.39 is 12.2 Å². The molecule has 1 aliphatic rings. The summed E-state index contributed by atoms with van der Waals surface area (Å²) in [5.74, 6) is -0.217. The van der Waals surface area contributed by atoms with E-state index in [0.717, 1.165) is 25.7 Å². The Hall–Kier alpha value is -0.410. The molecule has 3 heteroatoms. The van der Waals surface area contributed by atoms with Crippen LogP contribution in [0.5, 0.6) is 0 Å². The topological polar surface area (TPSA) is 57.5 Å². The molecule has 0 aromatic rings. The molecule has 0 aromatic heterocycles. The van der Waals surface area contributed by atoms with Crippen molar-refractivity contribution in [2.75, 3.05) is 0 Å². The van der Waals surface area contributed by atoms with Crippen LogP contribution >= 0.6 is 0 Å². The number of aliphatic hydroxyl groups excluding tert-OH is 2. The van der Waals surface area contributed by atoms with Crippen molar-refractivity contribution in [3.63, 3.8) is 0 Å². The molecule has 1 rings (SSSR count). The zero-order valence-electron chi connectivity index (χ0n) is 8.07. The highest BCUT2D eigenvalue weighted by atomic mass is 16.3. The molecule has 2 N–H and O–H groups in total. The second-order valence-electron chi connectivity index (χ2n) is 3.94. The molecular weight excluding hydrogens is 168 g/mol. The lowest BCUT2D eigenvalue weighted by atomic mass is 9.83. The van der Waals surface area contributed by atoms with Crippen LogP contribution in [0.3, 0.4) is 0 Å². The van der Waals surface area contributed by atoms with Crippen LogP contribution in [0.15, 0.2) is 0 Å². The first-order valence-corrected chi connectivity index (χ1v) is 4.99. The summed E-state index contributed by atoms with van der Waals surface area (Å²) >= 11 is 0. The number of carbonyl (C=O) groups is 1. The fourth-order valence-corrected chi connectivity index (χ4v) is 1.97. The van der Waals surface area contributed by atoms with Crippen LogP contribution in [0.4, 0.5) is 0 Å². The molecule has 0 aliphatic heterocycles. The van der Waals surface area contributed by atoms with Gasteiger partial charge in [0.2, 0.25) is 0 Å². The third-order valence-electron chi connectivity index (χ3n) is 2.87. The molecule has 0 bridgehead atoms. The molecule has 0 spiro atoms. The average Bonchev–Trinajstić information content (AvgIpc) is 2.17. The summed E-state index contributed by atoms with van der Waals surface area (Å²) < 4.78 is 0. The second kappa shape index (κ2) is 4.72. The van der Waals surface area contributed by atoms with Crippen molar-refractivity contribution in [2.45, 2.75) is 51.2 Å². The van der Waals surface area contributed by atoms with E-state index in [9.17, 15) is 15.0 Å². The molecule has 0 saturated heterocycles. The lowest BCUT2D eigenvalue weighted by Gasteiger charge is -2.28. The van der Waals surface area contributed by atoms with Gasteiger partial charge in [-0.3, -0.25) is 4.79 Å². The zero-order chi connectivity index (χ0) is 9.84. The quantitative estimate of drug-likeness (QED) is 0.687. The Kier molecular flexibility index (Phi) is 3.88. The van der Waals surface area contributed by atoms with Crippen molar-refractivity contribution in [2.24, 2.45) is 5.92 Å². The lowest BCUT2D eigenvalue weighted by Crippen LogP contribution is -2.38. The first-order valence-electron chi connectivity index (χ1n) is 4.99. The van der Waals surface area contributed by atoms with E-state index in [2.05, 4.69) is 0 Å². The number of Topliss-reactive ketones (excluding diaryl/α,β-unsaturated/α-hetero) is 1. The molecule has 3 nitrogen and oxygen atoms in total. The van der Waals surface area contributed by atoms with Gasteiger partial charge in [-0.1, -0.05) is 19.3 Å². The molecule has 1 saturated carbocycles.